The highest BCUT2D eigenvalue weighted by atomic mass is 16.5. The van der Waals surface area contributed by atoms with Crippen molar-refractivity contribution in [3.8, 4) is 17.2 Å². The Hall–Kier alpha value is -3.60. The highest BCUT2D eigenvalue weighted by Gasteiger charge is 2.13. The first kappa shape index (κ1) is 22.6. The molecule has 1 N–H and O–H groups in total. The first-order valence-electron chi connectivity index (χ1n) is 11.6. The maximum Gasteiger partial charge on any atom is 0.255 e. The molecule has 0 saturated heterocycles. The summed E-state index contributed by atoms with van der Waals surface area (Å²) in [6.07, 6.45) is 3.12. The van der Waals surface area contributed by atoms with Gasteiger partial charge in [0.05, 0.1) is 6.61 Å². The van der Waals surface area contributed by atoms with Crippen molar-refractivity contribution in [3.63, 3.8) is 0 Å². The third-order valence-electron chi connectivity index (χ3n) is 5.82. The Morgan fingerprint density at radius 3 is 2.73 bits per heavy atom. The van der Waals surface area contributed by atoms with Gasteiger partial charge in [0.1, 0.15) is 11.3 Å². The van der Waals surface area contributed by atoms with E-state index in [4.69, 9.17) is 9.15 Å². The van der Waals surface area contributed by atoms with Gasteiger partial charge in [-0.2, -0.15) is 0 Å². The van der Waals surface area contributed by atoms with Crippen LogP contribution in [0.5, 0.6) is 5.75 Å². The minimum absolute atomic E-state index is 0.191. The van der Waals surface area contributed by atoms with E-state index in [1.807, 2.05) is 42.5 Å². The topological polar surface area (TPSA) is 64.4 Å². The van der Waals surface area contributed by atoms with Crippen molar-refractivity contribution in [2.45, 2.75) is 46.0 Å². The molecular weight excluding hydrogens is 412 g/mol. The molecule has 0 unspecified atom stereocenters. The highest BCUT2D eigenvalue weighted by molar-refractivity contribution is 6.04. The maximum absolute atomic E-state index is 12.8. The second kappa shape index (κ2) is 10.3. The molecule has 4 aromatic rings. The number of carbonyl (C=O) groups is 1. The second-order valence-corrected chi connectivity index (χ2v) is 8.32. The molecule has 4 rings (SSSR count). The van der Waals surface area contributed by atoms with Crippen molar-refractivity contribution in [2.75, 3.05) is 11.9 Å². The highest BCUT2D eigenvalue weighted by Crippen LogP contribution is 2.29. The van der Waals surface area contributed by atoms with Crippen molar-refractivity contribution in [3.05, 3.63) is 77.9 Å². The Morgan fingerprint density at radius 1 is 1.06 bits per heavy atom. The van der Waals surface area contributed by atoms with Gasteiger partial charge in [-0.25, -0.2) is 4.98 Å². The fourth-order valence-electron chi connectivity index (χ4n) is 3.60. The Morgan fingerprint density at radius 2 is 1.91 bits per heavy atom. The zero-order chi connectivity index (χ0) is 23.2. The number of ether oxygens (including phenoxy) is 1. The number of unbranched alkanes of at least 4 members (excludes halogenated alkanes) is 1. The van der Waals surface area contributed by atoms with Crippen molar-refractivity contribution in [2.24, 2.45) is 0 Å². The predicted molar refractivity (Wildman–Crippen MR) is 133 cm³/mol. The van der Waals surface area contributed by atoms with Gasteiger partial charge >= 0.3 is 0 Å². The molecule has 5 heteroatoms. The quantitative estimate of drug-likeness (QED) is 0.274. The largest absolute Gasteiger partial charge is 0.494 e. The van der Waals surface area contributed by atoms with Crippen LogP contribution in [-0.4, -0.2) is 17.5 Å². The van der Waals surface area contributed by atoms with Crippen molar-refractivity contribution < 1.29 is 13.9 Å². The molecule has 0 spiro atoms. The molecule has 0 bridgehead atoms. The number of fused-ring (bicyclic) bond motifs is 1. The van der Waals surface area contributed by atoms with E-state index in [2.05, 4.69) is 43.2 Å². The van der Waals surface area contributed by atoms with Crippen LogP contribution in [-0.2, 0) is 0 Å². The Labute approximate surface area is 194 Å². The maximum atomic E-state index is 12.8. The van der Waals surface area contributed by atoms with Crippen LogP contribution in [0.25, 0.3) is 22.6 Å². The van der Waals surface area contributed by atoms with Gasteiger partial charge in [-0.3, -0.25) is 4.79 Å². The van der Waals surface area contributed by atoms with Gasteiger partial charge in [0.15, 0.2) is 5.58 Å². The van der Waals surface area contributed by atoms with Crippen LogP contribution in [0.15, 0.2) is 71.1 Å². The van der Waals surface area contributed by atoms with Gasteiger partial charge in [0, 0.05) is 16.8 Å². The van der Waals surface area contributed by atoms with E-state index in [0.29, 0.717) is 35.4 Å². The zero-order valence-electron chi connectivity index (χ0n) is 19.4. The lowest BCUT2D eigenvalue weighted by atomic mass is 9.98. The number of carbonyl (C=O) groups excluding carboxylic acids is 1. The fraction of sp³-hybridized carbons (Fsp3) is 0.286. The van der Waals surface area contributed by atoms with E-state index in [9.17, 15) is 4.79 Å². The summed E-state index contributed by atoms with van der Waals surface area (Å²) in [4.78, 5) is 17.5. The minimum atomic E-state index is -0.191. The summed E-state index contributed by atoms with van der Waals surface area (Å²) < 4.78 is 11.7. The van der Waals surface area contributed by atoms with Crippen LogP contribution in [0.3, 0.4) is 0 Å². The Bertz CT molecular complexity index is 1240. The summed E-state index contributed by atoms with van der Waals surface area (Å²) in [6.45, 7) is 7.15. The average molecular weight is 443 g/mol. The van der Waals surface area contributed by atoms with Crippen LogP contribution >= 0.6 is 0 Å². The normalized spacial score (nSPS) is 12.0. The van der Waals surface area contributed by atoms with Crippen LogP contribution < -0.4 is 10.1 Å². The SMILES string of the molecule is CCCCOc1cccc(C(=O)Nc2cccc(-c3nc4cc([C@H](C)CC)ccc4o3)c2)c1. The molecule has 0 saturated carbocycles. The van der Waals surface area contributed by atoms with E-state index >= 15 is 0 Å². The first-order chi connectivity index (χ1) is 16.1. The third kappa shape index (κ3) is 5.43. The number of nitrogens with one attached hydrogen (secondary N) is 1. The molecule has 1 heterocycles. The molecule has 33 heavy (non-hydrogen) atoms. The third-order valence-corrected chi connectivity index (χ3v) is 5.82. The number of amides is 1. The Balaban J connectivity index is 1.51. The van der Waals surface area contributed by atoms with E-state index in [-0.39, 0.29) is 5.91 Å². The van der Waals surface area contributed by atoms with E-state index in [1.165, 1.54) is 5.56 Å². The van der Waals surface area contributed by atoms with Gasteiger partial charge in [-0.05, 0) is 72.9 Å². The van der Waals surface area contributed by atoms with E-state index < -0.39 is 0 Å². The summed E-state index contributed by atoms with van der Waals surface area (Å²) in [5.74, 6) is 1.52. The lowest BCUT2D eigenvalue weighted by Gasteiger charge is -2.09. The van der Waals surface area contributed by atoms with Crippen molar-refractivity contribution in [1.82, 2.24) is 4.98 Å². The van der Waals surface area contributed by atoms with Crippen LogP contribution in [0.2, 0.25) is 0 Å². The molecule has 3 aromatic carbocycles. The fourth-order valence-corrected chi connectivity index (χ4v) is 3.60. The number of anilines is 1. The molecule has 0 aliphatic heterocycles. The number of hydrogen-bond donors (Lipinski definition) is 1. The number of oxazole rings is 1. The number of hydrogen-bond acceptors (Lipinski definition) is 4. The van der Waals surface area contributed by atoms with Gasteiger partial charge in [-0.1, -0.05) is 45.4 Å². The van der Waals surface area contributed by atoms with Crippen LogP contribution in [0, 0.1) is 0 Å². The molecule has 1 atom stereocenters. The standard InChI is InChI=1S/C28H30N2O3/c1-4-6-15-32-24-12-8-9-21(17-24)27(31)29-23-11-7-10-22(16-23)28-30-25-18-20(19(3)5-2)13-14-26(25)33-28/h7-14,16-19H,4-6,15H2,1-3H3,(H,29,31)/t19-/m1/s1. The predicted octanol–water partition coefficient (Wildman–Crippen LogP) is 7.44. The number of rotatable bonds is 9. The van der Waals surface area contributed by atoms with Gasteiger partial charge in [0.25, 0.3) is 5.91 Å². The molecule has 1 aromatic heterocycles. The molecule has 170 valence electrons. The summed E-state index contributed by atoms with van der Waals surface area (Å²) in [7, 11) is 0. The molecule has 5 nitrogen and oxygen atoms in total. The van der Waals surface area contributed by atoms with Crippen LogP contribution in [0.4, 0.5) is 5.69 Å². The average Bonchev–Trinajstić information content (AvgIpc) is 3.28. The summed E-state index contributed by atoms with van der Waals surface area (Å²) in [5.41, 5.74) is 4.90. The molecule has 0 aliphatic rings. The van der Waals surface area contributed by atoms with Crippen molar-refractivity contribution in [1.29, 1.82) is 0 Å². The molecule has 0 radical (unpaired) electrons. The second-order valence-electron chi connectivity index (χ2n) is 8.32. The number of benzene rings is 3. The minimum Gasteiger partial charge on any atom is -0.494 e. The lowest BCUT2D eigenvalue weighted by Crippen LogP contribution is -2.12. The zero-order valence-corrected chi connectivity index (χ0v) is 19.4. The van der Waals surface area contributed by atoms with Gasteiger partial charge in [0.2, 0.25) is 5.89 Å². The monoisotopic (exact) mass is 442 g/mol. The number of aromatic nitrogens is 1. The summed E-state index contributed by atoms with van der Waals surface area (Å²) >= 11 is 0. The Kier molecular flexibility index (Phi) is 7.08. The van der Waals surface area contributed by atoms with Crippen LogP contribution in [0.1, 0.15) is 61.9 Å². The van der Waals surface area contributed by atoms with Crippen molar-refractivity contribution >= 4 is 22.7 Å². The molecular formula is C28H30N2O3. The smallest absolute Gasteiger partial charge is 0.255 e. The molecule has 0 fully saturated rings. The van der Waals surface area contributed by atoms with E-state index in [1.54, 1.807) is 12.1 Å². The van der Waals surface area contributed by atoms with Gasteiger partial charge < -0.3 is 14.5 Å². The lowest BCUT2D eigenvalue weighted by molar-refractivity contribution is 0.102. The first-order valence-corrected chi connectivity index (χ1v) is 11.6. The van der Waals surface area contributed by atoms with Gasteiger partial charge in [-0.15, -0.1) is 0 Å². The van der Waals surface area contributed by atoms with E-state index in [0.717, 1.165) is 35.9 Å². The summed E-state index contributed by atoms with van der Waals surface area (Å²) in [5, 5.41) is 2.96. The number of nitrogens with zero attached hydrogens (tertiary/aromatic N) is 1. The summed E-state index contributed by atoms with van der Waals surface area (Å²) in [6, 6.07) is 21.0. The molecule has 1 amide bonds. The molecule has 0 aliphatic carbocycles.